The number of amides is 1. The minimum absolute atomic E-state index is 0.0784. The van der Waals surface area contributed by atoms with Crippen LogP contribution in [0.5, 0.6) is 0 Å². The highest BCUT2D eigenvalue weighted by Crippen LogP contribution is 2.26. The van der Waals surface area contributed by atoms with Gasteiger partial charge in [-0.15, -0.1) is 0 Å². The lowest BCUT2D eigenvalue weighted by molar-refractivity contribution is -0.115. The number of aromatic nitrogens is 1. The van der Waals surface area contributed by atoms with Crippen molar-refractivity contribution in [2.24, 2.45) is 0 Å². The third-order valence-corrected chi connectivity index (χ3v) is 7.55. The number of halogens is 3. The number of nitrogens with one attached hydrogen (secondary N) is 1. The molecule has 162 valence electrons. The van der Waals surface area contributed by atoms with Crippen LogP contribution in [0.15, 0.2) is 40.4 Å². The number of benzene rings is 1. The van der Waals surface area contributed by atoms with E-state index in [1.807, 2.05) is 0 Å². The van der Waals surface area contributed by atoms with Crippen LogP contribution in [-0.4, -0.2) is 42.0 Å². The zero-order chi connectivity index (χ0) is 21.9. The molecule has 0 bridgehead atoms. The Labute approximate surface area is 176 Å². The molecule has 0 aliphatic carbocycles. The van der Waals surface area contributed by atoms with Crippen LogP contribution in [-0.2, 0) is 14.8 Å². The molecule has 0 radical (unpaired) electrons. The Morgan fingerprint density at radius 1 is 1.10 bits per heavy atom. The highest BCUT2D eigenvalue weighted by Gasteiger charge is 2.26. The number of hydrogen-bond acceptors (Lipinski definition) is 5. The maximum absolute atomic E-state index is 13.7. The third-order valence-electron chi connectivity index (χ3n) is 4.62. The van der Waals surface area contributed by atoms with E-state index in [-0.39, 0.29) is 4.90 Å². The summed E-state index contributed by atoms with van der Waals surface area (Å²) in [4.78, 5) is 16.4. The lowest BCUT2D eigenvalue weighted by Gasteiger charge is -2.25. The summed E-state index contributed by atoms with van der Waals surface area (Å²) in [5.74, 6) is -5.14. The quantitative estimate of drug-likeness (QED) is 0.525. The molecule has 1 atom stereocenters. The van der Waals surface area contributed by atoms with E-state index in [1.165, 1.54) is 29.6 Å². The number of anilines is 1. The first kappa shape index (κ1) is 22.6. The van der Waals surface area contributed by atoms with Crippen molar-refractivity contribution in [1.29, 1.82) is 0 Å². The molecule has 1 aromatic carbocycles. The van der Waals surface area contributed by atoms with Crippen LogP contribution in [0, 0.1) is 17.5 Å². The maximum Gasteiger partial charge on any atom is 0.244 e. The average Bonchev–Trinajstić information content (AvgIpc) is 2.75. The van der Waals surface area contributed by atoms with Crippen molar-refractivity contribution in [3.05, 3.63) is 47.9 Å². The molecule has 1 N–H and O–H groups in total. The molecule has 0 unspecified atom stereocenters. The Morgan fingerprint density at radius 2 is 1.80 bits per heavy atom. The molecule has 2 aromatic rings. The summed E-state index contributed by atoms with van der Waals surface area (Å²) in [6.45, 7) is 2.49. The number of nitrogens with zero attached hydrogens (tertiary/aromatic N) is 2. The van der Waals surface area contributed by atoms with Gasteiger partial charge in [-0.05, 0) is 44.0 Å². The van der Waals surface area contributed by atoms with Crippen LogP contribution < -0.4 is 5.32 Å². The topological polar surface area (TPSA) is 79.4 Å². The van der Waals surface area contributed by atoms with Crippen molar-refractivity contribution < 1.29 is 26.4 Å². The number of thioether (sulfide) groups is 1. The zero-order valence-corrected chi connectivity index (χ0v) is 17.7. The highest BCUT2D eigenvalue weighted by molar-refractivity contribution is 8.00. The van der Waals surface area contributed by atoms with Gasteiger partial charge in [-0.1, -0.05) is 18.2 Å². The Kier molecular flexibility index (Phi) is 7.04. The van der Waals surface area contributed by atoms with Crippen LogP contribution in [0.25, 0.3) is 0 Å². The first-order valence-electron chi connectivity index (χ1n) is 9.27. The molecule has 6 nitrogen and oxygen atoms in total. The van der Waals surface area contributed by atoms with Crippen LogP contribution in [0.2, 0.25) is 0 Å². The molecule has 0 saturated carbocycles. The molecule has 1 aromatic heterocycles. The summed E-state index contributed by atoms with van der Waals surface area (Å²) in [5.41, 5.74) is -0.470. The van der Waals surface area contributed by atoms with E-state index in [1.54, 1.807) is 0 Å². The van der Waals surface area contributed by atoms with Gasteiger partial charge >= 0.3 is 0 Å². The second kappa shape index (κ2) is 9.36. The summed E-state index contributed by atoms with van der Waals surface area (Å²) >= 11 is 1.02. The first-order valence-corrected chi connectivity index (χ1v) is 11.6. The van der Waals surface area contributed by atoms with E-state index in [9.17, 15) is 26.4 Å². The molecule has 2 heterocycles. The van der Waals surface area contributed by atoms with E-state index >= 15 is 0 Å². The standard InChI is InChI=1S/C19H20F3N3O3S2/c1-12(19(26)24-15-7-6-14(20)17(21)18(15)22)29-16-8-5-13(11-23-16)30(27,28)25-9-3-2-4-10-25/h5-8,11-12H,2-4,9-10H2,1H3,(H,24,26)/t12-/m1/s1. The SMILES string of the molecule is C[C@@H](Sc1ccc(S(=O)(=O)N2CCCCC2)cn1)C(=O)Nc1ccc(F)c(F)c1F. The Hall–Kier alpha value is -2.11. The fourth-order valence-corrected chi connectivity index (χ4v) is 5.19. The van der Waals surface area contributed by atoms with Crippen LogP contribution in [0.1, 0.15) is 26.2 Å². The summed E-state index contributed by atoms with van der Waals surface area (Å²) in [6, 6.07) is 4.57. The zero-order valence-electron chi connectivity index (χ0n) is 16.1. The maximum atomic E-state index is 13.7. The molecule has 1 aliphatic rings. The average molecular weight is 460 g/mol. The highest BCUT2D eigenvalue weighted by atomic mass is 32.2. The normalized spacial score (nSPS) is 16.3. The van der Waals surface area contributed by atoms with E-state index in [0.717, 1.165) is 43.2 Å². The van der Waals surface area contributed by atoms with Crippen molar-refractivity contribution in [2.45, 2.75) is 41.4 Å². The summed E-state index contributed by atoms with van der Waals surface area (Å²) in [7, 11) is -3.60. The minimum atomic E-state index is -3.60. The smallest absolute Gasteiger partial charge is 0.244 e. The molecule has 30 heavy (non-hydrogen) atoms. The Morgan fingerprint density at radius 3 is 2.43 bits per heavy atom. The molecule has 11 heteroatoms. The molecule has 1 amide bonds. The lowest BCUT2D eigenvalue weighted by atomic mass is 10.2. The second-order valence-electron chi connectivity index (χ2n) is 6.77. The van der Waals surface area contributed by atoms with Gasteiger partial charge in [0.2, 0.25) is 15.9 Å². The number of sulfonamides is 1. The number of rotatable bonds is 6. The van der Waals surface area contributed by atoms with E-state index < -0.39 is 44.3 Å². The largest absolute Gasteiger partial charge is 0.323 e. The number of piperidine rings is 1. The third kappa shape index (κ3) is 4.96. The van der Waals surface area contributed by atoms with Crippen molar-refractivity contribution in [3.63, 3.8) is 0 Å². The Balaban J connectivity index is 1.65. The molecular formula is C19H20F3N3O3S2. The number of hydrogen-bond donors (Lipinski definition) is 1. The van der Waals surface area contributed by atoms with Crippen LogP contribution >= 0.6 is 11.8 Å². The predicted molar refractivity (Wildman–Crippen MR) is 107 cm³/mol. The fourth-order valence-electron chi connectivity index (χ4n) is 2.93. The molecule has 0 spiro atoms. The summed E-state index contributed by atoms with van der Waals surface area (Å²) < 4.78 is 66.7. The van der Waals surface area contributed by atoms with E-state index in [4.69, 9.17) is 0 Å². The molecular weight excluding hydrogens is 439 g/mol. The van der Waals surface area contributed by atoms with Gasteiger partial charge in [0.05, 0.1) is 16.0 Å². The van der Waals surface area contributed by atoms with E-state index in [0.29, 0.717) is 18.1 Å². The van der Waals surface area contributed by atoms with Gasteiger partial charge in [0.15, 0.2) is 17.5 Å². The predicted octanol–water partition coefficient (Wildman–Crippen LogP) is 3.79. The number of carbonyl (C=O) groups excluding carboxylic acids is 1. The fraction of sp³-hybridized carbons (Fsp3) is 0.368. The van der Waals surface area contributed by atoms with Gasteiger partial charge in [-0.2, -0.15) is 4.31 Å². The molecule has 1 fully saturated rings. The van der Waals surface area contributed by atoms with Crippen molar-refractivity contribution in [3.8, 4) is 0 Å². The number of carbonyl (C=O) groups is 1. The number of pyridine rings is 1. The monoisotopic (exact) mass is 459 g/mol. The summed E-state index contributed by atoms with van der Waals surface area (Å²) in [5, 5.41) is 1.84. The van der Waals surface area contributed by atoms with Gasteiger partial charge in [0.1, 0.15) is 4.90 Å². The van der Waals surface area contributed by atoms with Crippen molar-refractivity contribution in [1.82, 2.24) is 9.29 Å². The van der Waals surface area contributed by atoms with Crippen LogP contribution in [0.3, 0.4) is 0 Å². The first-order chi connectivity index (χ1) is 14.2. The summed E-state index contributed by atoms with van der Waals surface area (Å²) in [6.07, 6.45) is 3.90. The second-order valence-corrected chi connectivity index (χ2v) is 10.1. The van der Waals surface area contributed by atoms with E-state index in [2.05, 4.69) is 10.3 Å². The van der Waals surface area contributed by atoms with Gasteiger partial charge in [-0.25, -0.2) is 26.6 Å². The van der Waals surface area contributed by atoms with Gasteiger partial charge in [-0.3, -0.25) is 4.79 Å². The van der Waals surface area contributed by atoms with Gasteiger partial charge < -0.3 is 5.32 Å². The van der Waals surface area contributed by atoms with Gasteiger partial charge in [0.25, 0.3) is 0 Å². The molecule has 1 saturated heterocycles. The van der Waals surface area contributed by atoms with Crippen molar-refractivity contribution >= 4 is 33.4 Å². The van der Waals surface area contributed by atoms with Gasteiger partial charge in [0, 0.05) is 19.3 Å². The minimum Gasteiger partial charge on any atom is -0.323 e. The molecule has 3 rings (SSSR count). The Bertz CT molecular complexity index is 1030. The van der Waals surface area contributed by atoms with Crippen LogP contribution in [0.4, 0.5) is 18.9 Å². The lowest BCUT2D eigenvalue weighted by Crippen LogP contribution is -2.35. The molecule has 1 aliphatic heterocycles. The van der Waals surface area contributed by atoms with Crippen molar-refractivity contribution in [2.75, 3.05) is 18.4 Å².